The first-order chi connectivity index (χ1) is 14.5. The minimum atomic E-state index is -0.857. The smallest absolute Gasteiger partial charge is 0.339 e. The first kappa shape index (κ1) is 21.0. The molecule has 1 aliphatic heterocycles. The third-order valence-corrected chi connectivity index (χ3v) is 4.55. The second-order valence-corrected chi connectivity index (χ2v) is 6.28. The molecular formula is C21H22N2O7. The quantitative estimate of drug-likeness (QED) is 0.695. The summed E-state index contributed by atoms with van der Waals surface area (Å²) < 4.78 is 20.8. The van der Waals surface area contributed by atoms with E-state index in [-0.39, 0.29) is 12.0 Å². The van der Waals surface area contributed by atoms with E-state index in [1.54, 1.807) is 36.4 Å². The fraction of sp³-hybridized carbons (Fsp3) is 0.286. The molecule has 1 aliphatic rings. The summed E-state index contributed by atoms with van der Waals surface area (Å²) in [6.45, 7) is 0. The minimum absolute atomic E-state index is 0.227. The average Bonchev–Trinajstić information content (AvgIpc) is 3.28. The molecule has 0 bridgehead atoms. The van der Waals surface area contributed by atoms with Crippen LogP contribution >= 0.6 is 0 Å². The van der Waals surface area contributed by atoms with Crippen LogP contribution in [0.3, 0.4) is 0 Å². The lowest BCUT2D eigenvalue weighted by molar-refractivity contribution is -0.125. The number of ether oxygens (including phenoxy) is 4. The molecule has 0 unspecified atom stereocenters. The molecule has 1 heterocycles. The molecule has 2 aromatic rings. The molecule has 1 amide bonds. The van der Waals surface area contributed by atoms with Gasteiger partial charge in [-0.05, 0) is 24.3 Å². The van der Waals surface area contributed by atoms with E-state index < -0.39 is 18.0 Å². The van der Waals surface area contributed by atoms with Crippen LogP contribution in [0.4, 0.5) is 5.69 Å². The number of para-hydroxylation sites is 1. The SMILES string of the molecule is COC(=O)c1ccccc1NC(=O)[C@H]1CC(c2cc(OC)c(OC)c(OC)c2)=NO1. The zero-order valence-electron chi connectivity index (χ0n) is 17.1. The number of oxime groups is 1. The van der Waals surface area contributed by atoms with Crippen LogP contribution in [0.25, 0.3) is 0 Å². The van der Waals surface area contributed by atoms with Gasteiger partial charge in [0, 0.05) is 12.0 Å². The van der Waals surface area contributed by atoms with Crippen molar-refractivity contribution in [3.63, 3.8) is 0 Å². The van der Waals surface area contributed by atoms with E-state index in [9.17, 15) is 9.59 Å². The maximum absolute atomic E-state index is 12.7. The highest BCUT2D eigenvalue weighted by Crippen LogP contribution is 2.39. The molecule has 0 aliphatic carbocycles. The largest absolute Gasteiger partial charge is 0.493 e. The monoisotopic (exact) mass is 414 g/mol. The number of benzene rings is 2. The molecular weight excluding hydrogens is 392 g/mol. The van der Waals surface area contributed by atoms with Crippen LogP contribution in [0.1, 0.15) is 22.3 Å². The molecule has 0 fully saturated rings. The number of methoxy groups -OCH3 is 4. The number of hydrogen-bond acceptors (Lipinski definition) is 8. The van der Waals surface area contributed by atoms with E-state index >= 15 is 0 Å². The van der Waals surface area contributed by atoms with Crippen molar-refractivity contribution in [2.45, 2.75) is 12.5 Å². The van der Waals surface area contributed by atoms with Crippen molar-refractivity contribution in [1.82, 2.24) is 0 Å². The van der Waals surface area contributed by atoms with Crippen molar-refractivity contribution in [2.75, 3.05) is 33.8 Å². The van der Waals surface area contributed by atoms with Crippen LogP contribution in [0, 0.1) is 0 Å². The summed E-state index contributed by atoms with van der Waals surface area (Å²) in [5.74, 6) is 0.408. The van der Waals surface area contributed by atoms with Crippen LogP contribution in [0.2, 0.25) is 0 Å². The Kier molecular flexibility index (Phi) is 6.41. The topological polar surface area (TPSA) is 105 Å². The number of hydrogen-bond donors (Lipinski definition) is 1. The highest BCUT2D eigenvalue weighted by molar-refractivity contribution is 6.08. The normalized spacial score (nSPS) is 14.9. The lowest BCUT2D eigenvalue weighted by atomic mass is 10.0. The van der Waals surface area contributed by atoms with Gasteiger partial charge in [0.15, 0.2) is 11.5 Å². The number of carbonyl (C=O) groups excluding carboxylic acids is 2. The van der Waals surface area contributed by atoms with Gasteiger partial charge in [0.25, 0.3) is 5.91 Å². The summed E-state index contributed by atoms with van der Waals surface area (Å²) in [5.41, 5.74) is 1.81. The van der Waals surface area contributed by atoms with E-state index in [2.05, 4.69) is 10.5 Å². The zero-order chi connectivity index (χ0) is 21.7. The Morgan fingerprint density at radius 1 is 1.03 bits per heavy atom. The van der Waals surface area contributed by atoms with Gasteiger partial charge >= 0.3 is 5.97 Å². The predicted octanol–water partition coefficient (Wildman–Crippen LogP) is 2.63. The van der Waals surface area contributed by atoms with Crippen molar-refractivity contribution in [1.29, 1.82) is 0 Å². The minimum Gasteiger partial charge on any atom is -0.493 e. The molecule has 0 aromatic heterocycles. The van der Waals surface area contributed by atoms with Crippen molar-refractivity contribution >= 4 is 23.3 Å². The second kappa shape index (κ2) is 9.17. The molecule has 9 nitrogen and oxygen atoms in total. The molecule has 30 heavy (non-hydrogen) atoms. The number of nitrogens with one attached hydrogen (secondary N) is 1. The second-order valence-electron chi connectivity index (χ2n) is 6.28. The van der Waals surface area contributed by atoms with E-state index in [4.69, 9.17) is 23.8 Å². The number of carbonyl (C=O) groups is 2. The Balaban J connectivity index is 1.76. The molecule has 1 N–H and O–H groups in total. The van der Waals surface area contributed by atoms with E-state index in [0.717, 1.165) is 0 Å². The van der Waals surface area contributed by atoms with Crippen LogP contribution < -0.4 is 19.5 Å². The third kappa shape index (κ3) is 4.14. The highest BCUT2D eigenvalue weighted by Gasteiger charge is 2.31. The van der Waals surface area contributed by atoms with Crippen LogP contribution in [0.15, 0.2) is 41.6 Å². The van der Waals surface area contributed by atoms with Crippen molar-refractivity contribution in [3.05, 3.63) is 47.5 Å². The Morgan fingerprint density at radius 2 is 1.70 bits per heavy atom. The van der Waals surface area contributed by atoms with Crippen LogP contribution in [-0.2, 0) is 14.4 Å². The summed E-state index contributed by atoms with van der Waals surface area (Å²) in [7, 11) is 5.83. The van der Waals surface area contributed by atoms with Gasteiger partial charge < -0.3 is 29.1 Å². The van der Waals surface area contributed by atoms with Gasteiger partial charge in [0.05, 0.1) is 45.4 Å². The molecule has 0 saturated carbocycles. The standard InChI is InChI=1S/C21H22N2O7/c1-26-16-9-12(10-17(27-2)19(16)28-3)15-11-18(30-23-15)20(24)22-14-8-6-5-7-13(14)21(25)29-4/h5-10,18H,11H2,1-4H3,(H,22,24)/t18-/m1/s1. The first-order valence-corrected chi connectivity index (χ1v) is 9.03. The fourth-order valence-electron chi connectivity index (χ4n) is 3.03. The summed E-state index contributed by atoms with van der Waals surface area (Å²) in [4.78, 5) is 29.9. The van der Waals surface area contributed by atoms with Gasteiger partial charge in [-0.2, -0.15) is 0 Å². The molecule has 0 saturated heterocycles. The summed E-state index contributed by atoms with van der Waals surface area (Å²) in [5, 5.41) is 6.74. The van der Waals surface area contributed by atoms with Gasteiger partial charge in [-0.3, -0.25) is 4.79 Å². The van der Waals surface area contributed by atoms with Gasteiger partial charge in [0.2, 0.25) is 11.9 Å². The molecule has 9 heteroatoms. The van der Waals surface area contributed by atoms with E-state index in [1.807, 2.05) is 0 Å². The van der Waals surface area contributed by atoms with Gasteiger partial charge in [-0.1, -0.05) is 17.3 Å². The zero-order valence-corrected chi connectivity index (χ0v) is 17.1. The maximum Gasteiger partial charge on any atom is 0.339 e. The van der Waals surface area contributed by atoms with Crippen molar-refractivity contribution < 1.29 is 33.4 Å². The van der Waals surface area contributed by atoms with Crippen molar-refractivity contribution in [3.8, 4) is 17.2 Å². The molecule has 3 rings (SSSR count). The first-order valence-electron chi connectivity index (χ1n) is 9.03. The number of esters is 1. The molecule has 1 atom stereocenters. The average molecular weight is 414 g/mol. The number of rotatable bonds is 7. The Labute approximate surface area is 173 Å². The number of nitrogens with zero attached hydrogens (tertiary/aromatic N) is 1. The van der Waals surface area contributed by atoms with Gasteiger partial charge in [0.1, 0.15) is 0 Å². The molecule has 0 spiro atoms. The summed E-state index contributed by atoms with van der Waals surface area (Å²) in [6.07, 6.45) is -0.630. The molecule has 158 valence electrons. The number of amides is 1. The van der Waals surface area contributed by atoms with E-state index in [0.29, 0.717) is 34.2 Å². The Bertz CT molecular complexity index is 962. The Morgan fingerprint density at radius 3 is 2.30 bits per heavy atom. The summed E-state index contributed by atoms with van der Waals surface area (Å²) in [6, 6.07) is 10.0. The summed E-state index contributed by atoms with van der Waals surface area (Å²) >= 11 is 0. The lowest BCUT2D eigenvalue weighted by Crippen LogP contribution is -2.28. The fourth-order valence-corrected chi connectivity index (χ4v) is 3.03. The molecule has 0 radical (unpaired) electrons. The van der Waals surface area contributed by atoms with Crippen LogP contribution in [0.5, 0.6) is 17.2 Å². The highest BCUT2D eigenvalue weighted by atomic mass is 16.6. The maximum atomic E-state index is 12.7. The molecule has 2 aromatic carbocycles. The van der Waals surface area contributed by atoms with Gasteiger partial charge in [-0.25, -0.2) is 4.79 Å². The Hall–Kier alpha value is -3.75. The van der Waals surface area contributed by atoms with E-state index in [1.165, 1.54) is 28.4 Å². The third-order valence-electron chi connectivity index (χ3n) is 4.55. The van der Waals surface area contributed by atoms with Crippen LogP contribution in [-0.4, -0.2) is 52.1 Å². The van der Waals surface area contributed by atoms with Crippen molar-refractivity contribution in [2.24, 2.45) is 5.16 Å². The van der Waals surface area contributed by atoms with Gasteiger partial charge in [-0.15, -0.1) is 0 Å². The lowest BCUT2D eigenvalue weighted by Gasteiger charge is -2.14. The number of anilines is 1. The predicted molar refractivity (Wildman–Crippen MR) is 109 cm³/mol.